The van der Waals surface area contributed by atoms with Gasteiger partial charge in [0.15, 0.2) is 5.78 Å². The summed E-state index contributed by atoms with van der Waals surface area (Å²) in [6.45, 7) is 4.69. The van der Waals surface area contributed by atoms with Gasteiger partial charge in [-0.3, -0.25) is 9.69 Å². The van der Waals surface area contributed by atoms with Gasteiger partial charge >= 0.3 is 0 Å². The molecule has 0 amide bonds. The minimum Gasteiger partial charge on any atom is -0.363 e. The van der Waals surface area contributed by atoms with Gasteiger partial charge in [-0.25, -0.2) is 9.97 Å². The third kappa shape index (κ3) is 3.83. The largest absolute Gasteiger partial charge is 0.363 e. The number of likely N-dealkylation sites (N-methyl/N-ethyl adjacent to an activating group) is 1. The van der Waals surface area contributed by atoms with Crippen LogP contribution in [0.25, 0.3) is 0 Å². The number of ketones is 1. The minimum atomic E-state index is 0.176. The molecular weight excluding hydrogens is 376 g/mol. The molecule has 7 nitrogen and oxygen atoms in total. The van der Waals surface area contributed by atoms with Crippen molar-refractivity contribution in [2.45, 2.75) is 12.5 Å². The average molecular weight is 401 g/mol. The predicted molar refractivity (Wildman–Crippen MR) is 111 cm³/mol. The highest BCUT2D eigenvalue weighted by molar-refractivity contribution is 6.31. The van der Waals surface area contributed by atoms with Gasteiger partial charge in [-0.15, -0.1) is 0 Å². The highest BCUT2D eigenvalue weighted by Crippen LogP contribution is 2.31. The highest BCUT2D eigenvalue weighted by Gasteiger charge is 2.29. The van der Waals surface area contributed by atoms with Gasteiger partial charge in [0.25, 0.3) is 0 Å². The van der Waals surface area contributed by atoms with Crippen LogP contribution in [0.1, 0.15) is 17.2 Å². The van der Waals surface area contributed by atoms with Gasteiger partial charge in [-0.2, -0.15) is 0 Å². The SMILES string of the molecule is CNCC(c1ccccc1Cl)N1CCN(c2ncnc3c2CC(=O)CN3)CC1. The highest BCUT2D eigenvalue weighted by atomic mass is 35.5. The van der Waals surface area contributed by atoms with Gasteiger partial charge in [-0.1, -0.05) is 29.8 Å². The summed E-state index contributed by atoms with van der Waals surface area (Å²) in [5.74, 6) is 1.85. The molecule has 8 heteroatoms. The molecule has 4 rings (SSSR count). The number of hydrogen-bond donors (Lipinski definition) is 2. The molecule has 0 spiro atoms. The average Bonchev–Trinajstić information content (AvgIpc) is 2.72. The van der Waals surface area contributed by atoms with E-state index in [0.29, 0.717) is 13.0 Å². The van der Waals surface area contributed by atoms with Gasteiger partial charge < -0.3 is 15.5 Å². The maximum atomic E-state index is 11.9. The Morgan fingerprint density at radius 3 is 2.75 bits per heavy atom. The fourth-order valence-electron chi connectivity index (χ4n) is 4.05. The molecule has 2 aliphatic rings. The van der Waals surface area contributed by atoms with E-state index in [1.807, 2.05) is 25.2 Å². The number of carbonyl (C=O) groups excluding carboxylic acids is 1. The van der Waals surface area contributed by atoms with Crippen molar-refractivity contribution in [2.75, 3.05) is 56.5 Å². The fourth-order valence-corrected chi connectivity index (χ4v) is 4.31. The van der Waals surface area contributed by atoms with Crippen molar-refractivity contribution in [1.29, 1.82) is 0 Å². The normalized spacial score (nSPS) is 18.5. The van der Waals surface area contributed by atoms with Crippen LogP contribution in [0.3, 0.4) is 0 Å². The molecule has 0 aliphatic carbocycles. The molecule has 1 aromatic heterocycles. The van der Waals surface area contributed by atoms with E-state index in [9.17, 15) is 4.79 Å². The number of nitrogens with zero attached hydrogens (tertiary/aromatic N) is 4. The maximum absolute atomic E-state index is 11.9. The molecule has 28 heavy (non-hydrogen) atoms. The number of benzene rings is 1. The second-order valence-electron chi connectivity index (χ2n) is 7.21. The molecule has 1 atom stereocenters. The minimum absolute atomic E-state index is 0.176. The van der Waals surface area contributed by atoms with Crippen LogP contribution in [0.15, 0.2) is 30.6 Å². The Morgan fingerprint density at radius 2 is 2.00 bits per heavy atom. The van der Waals surface area contributed by atoms with E-state index in [2.05, 4.69) is 36.5 Å². The number of halogens is 1. The number of rotatable bonds is 5. The first kappa shape index (κ1) is 19.1. The number of Topliss-reactive ketones (excluding diaryl/α,β-unsaturated/α-hetero) is 1. The van der Waals surface area contributed by atoms with Crippen molar-refractivity contribution in [3.8, 4) is 0 Å². The summed E-state index contributed by atoms with van der Waals surface area (Å²) in [5.41, 5.74) is 2.08. The van der Waals surface area contributed by atoms with Crippen molar-refractivity contribution in [3.05, 3.63) is 46.7 Å². The summed E-state index contributed by atoms with van der Waals surface area (Å²) < 4.78 is 0. The lowest BCUT2D eigenvalue weighted by Crippen LogP contribution is -2.50. The van der Waals surface area contributed by atoms with Gasteiger partial charge in [-0.05, 0) is 18.7 Å². The number of anilines is 2. The van der Waals surface area contributed by atoms with E-state index in [1.165, 1.54) is 0 Å². The number of nitrogens with one attached hydrogen (secondary N) is 2. The quantitative estimate of drug-likeness (QED) is 0.792. The van der Waals surface area contributed by atoms with Gasteiger partial charge in [0.05, 0.1) is 6.54 Å². The van der Waals surface area contributed by atoms with E-state index < -0.39 is 0 Å². The van der Waals surface area contributed by atoms with Crippen LogP contribution in [0.4, 0.5) is 11.6 Å². The molecule has 2 aromatic rings. The van der Waals surface area contributed by atoms with Crippen molar-refractivity contribution in [1.82, 2.24) is 20.2 Å². The van der Waals surface area contributed by atoms with Crippen molar-refractivity contribution in [2.24, 2.45) is 0 Å². The third-order valence-corrected chi connectivity index (χ3v) is 5.81. The molecule has 0 radical (unpaired) electrons. The van der Waals surface area contributed by atoms with Crippen LogP contribution >= 0.6 is 11.6 Å². The molecule has 0 bridgehead atoms. The van der Waals surface area contributed by atoms with E-state index in [4.69, 9.17) is 11.6 Å². The van der Waals surface area contributed by atoms with Crippen LogP contribution in [0.5, 0.6) is 0 Å². The smallest absolute Gasteiger partial charge is 0.156 e. The van der Waals surface area contributed by atoms with Crippen LogP contribution in [-0.4, -0.2) is 67.0 Å². The number of carbonyl (C=O) groups is 1. The molecule has 1 unspecified atom stereocenters. The topological polar surface area (TPSA) is 73.4 Å². The lowest BCUT2D eigenvalue weighted by molar-refractivity contribution is -0.117. The summed E-state index contributed by atoms with van der Waals surface area (Å²) in [7, 11) is 1.97. The second-order valence-corrected chi connectivity index (χ2v) is 7.62. The molecular formula is C20H25ClN6O. The lowest BCUT2D eigenvalue weighted by Gasteiger charge is -2.40. The van der Waals surface area contributed by atoms with Crippen LogP contribution < -0.4 is 15.5 Å². The maximum Gasteiger partial charge on any atom is 0.156 e. The zero-order chi connectivity index (χ0) is 19.5. The van der Waals surface area contributed by atoms with E-state index >= 15 is 0 Å². The lowest BCUT2D eigenvalue weighted by atomic mass is 10.0. The van der Waals surface area contributed by atoms with Gasteiger partial charge in [0.1, 0.15) is 18.0 Å². The molecule has 148 valence electrons. The third-order valence-electron chi connectivity index (χ3n) is 5.47. The Balaban J connectivity index is 1.50. The first-order chi connectivity index (χ1) is 13.7. The summed E-state index contributed by atoms with van der Waals surface area (Å²) in [4.78, 5) is 25.4. The van der Waals surface area contributed by atoms with E-state index in [0.717, 1.165) is 60.5 Å². The molecule has 2 aliphatic heterocycles. The van der Waals surface area contributed by atoms with Gasteiger partial charge in [0, 0.05) is 55.8 Å². The van der Waals surface area contributed by atoms with Crippen molar-refractivity contribution >= 4 is 29.0 Å². The zero-order valence-electron chi connectivity index (χ0n) is 16.0. The summed E-state index contributed by atoms with van der Waals surface area (Å²) in [6.07, 6.45) is 1.98. The molecule has 1 aromatic carbocycles. The van der Waals surface area contributed by atoms with E-state index in [-0.39, 0.29) is 11.8 Å². The Kier molecular flexibility index (Phi) is 5.75. The van der Waals surface area contributed by atoms with Crippen LogP contribution in [0, 0.1) is 0 Å². The summed E-state index contributed by atoms with van der Waals surface area (Å²) >= 11 is 6.47. The summed E-state index contributed by atoms with van der Waals surface area (Å²) in [6, 6.07) is 8.29. The Hall–Kier alpha value is -2.22. The zero-order valence-corrected chi connectivity index (χ0v) is 16.7. The summed E-state index contributed by atoms with van der Waals surface area (Å²) in [5, 5.41) is 7.21. The fraction of sp³-hybridized carbons (Fsp3) is 0.450. The number of hydrogen-bond acceptors (Lipinski definition) is 7. The number of aromatic nitrogens is 2. The molecule has 1 saturated heterocycles. The Labute approximate surface area is 170 Å². The number of piperazine rings is 1. The molecule has 3 heterocycles. The Bertz CT molecular complexity index is 852. The second kappa shape index (κ2) is 8.43. The first-order valence-electron chi connectivity index (χ1n) is 9.65. The Morgan fingerprint density at radius 1 is 1.21 bits per heavy atom. The monoisotopic (exact) mass is 400 g/mol. The molecule has 1 fully saturated rings. The first-order valence-corrected chi connectivity index (χ1v) is 10.0. The van der Waals surface area contributed by atoms with Crippen molar-refractivity contribution < 1.29 is 4.79 Å². The molecule has 0 saturated carbocycles. The molecule has 2 N–H and O–H groups in total. The standard InChI is InChI=1S/C20H25ClN6O/c1-22-12-18(15-4-2-3-5-17(15)21)26-6-8-27(9-7-26)20-16-10-14(28)11-23-19(16)24-13-25-20/h2-5,13,18,22H,6-12H2,1H3,(H,23,24,25). The van der Waals surface area contributed by atoms with Crippen LogP contribution in [-0.2, 0) is 11.2 Å². The van der Waals surface area contributed by atoms with E-state index in [1.54, 1.807) is 6.33 Å². The predicted octanol–water partition coefficient (Wildman–Crippen LogP) is 1.75. The van der Waals surface area contributed by atoms with Crippen LogP contribution in [0.2, 0.25) is 5.02 Å². The van der Waals surface area contributed by atoms with Gasteiger partial charge in [0.2, 0.25) is 0 Å². The van der Waals surface area contributed by atoms with Crippen molar-refractivity contribution in [3.63, 3.8) is 0 Å². The number of fused-ring (bicyclic) bond motifs is 1.